The lowest BCUT2D eigenvalue weighted by atomic mass is 9.77. The standard InChI is InChI=1S/C30H35N5O/c36-30(34-21-25-13-4-6-17-32-25)26(23-10-2-1-3-11-23)14-5-7-19-35-22-28(24-12-8-16-31-20-24)27-15-9-18-33-29(27)35/h4,6,8-9,12-13,15-18,20,22-23,26H,1-3,5,7,10-11,14,19,21H2,(H,34,36). The van der Waals surface area contributed by atoms with Crippen molar-refractivity contribution in [2.75, 3.05) is 0 Å². The second-order valence-electron chi connectivity index (χ2n) is 9.89. The second-order valence-corrected chi connectivity index (χ2v) is 9.89. The molecule has 1 fully saturated rings. The third-order valence-corrected chi connectivity index (χ3v) is 7.50. The van der Waals surface area contributed by atoms with Crippen LogP contribution in [-0.4, -0.2) is 25.4 Å². The van der Waals surface area contributed by atoms with Crippen LogP contribution in [0.3, 0.4) is 0 Å². The molecule has 0 spiro atoms. The average Bonchev–Trinajstić information content (AvgIpc) is 3.32. The topological polar surface area (TPSA) is 72.7 Å². The van der Waals surface area contributed by atoms with E-state index >= 15 is 0 Å². The van der Waals surface area contributed by atoms with E-state index < -0.39 is 0 Å². The van der Waals surface area contributed by atoms with Crippen LogP contribution in [0, 0.1) is 11.8 Å². The quantitative estimate of drug-likeness (QED) is 0.275. The maximum absolute atomic E-state index is 13.3. The minimum absolute atomic E-state index is 0.0829. The summed E-state index contributed by atoms with van der Waals surface area (Å²) in [5.41, 5.74) is 4.19. The van der Waals surface area contributed by atoms with Crippen LogP contribution in [0.4, 0.5) is 0 Å². The van der Waals surface area contributed by atoms with Gasteiger partial charge in [0.1, 0.15) is 5.65 Å². The fourth-order valence-electron chi connectivity index (χ4n) is 5.62. The summed E-state index contributed by atoms with van der Waals surface area (Å²) in [6.45, 7) is 1.39. The molecule has 0 saturated heterocycles. The number of rotatable bonds is 10. The summed E-state index contributed by atoms with van der Waals surface area (Å²) in [5.74, 6) is 0.771. The van der Waals surface area contributed by atoms with E-state index in [1.54, 1.807) is 12.4 Å². The van der Waals surface area contributed by atoms with Gasteiger partial charge in [-0.05, 0) is 61.9 Å². The van der Waals surface area contributed by atoms with Crippen molar-refractivity contribution in [2.24, 2.45) is 11.8 Å². The average molecular weight is 482 g/mol. The number of aryl methyl sites for hydroxylation is 1. The molecule has 0 bridgehead atoms. The van der Waals surface area contributed by atoms with Gasteiger partial charge in [0, 0.05) is 60.0 Å². The lowest BCUT2D eigenvalue weighted by Crippen LogP contribution is -2.35. The molecular weight excluding hydrogens is 446 g/mol. The van der Waals surface area contributed by atoms with Crippen LogP contribution < -0.4 is 5.32 Å². The summed E-state index contributed by atoms with van der Waals surface area (Å²) >= 11 is 0. The van der Waals surface area contributed by atoms with Gasteiger partial charge in [-0.1, -0.05) is 37.8 Å². The third kappa shape index (κ3) is 5.81. The number of carbonyl (C=O) groups is 1. The second kappa shape index (κ2) is 11.9. The van der Waals surface area contributed by atoms with Crippen molar-refractivity contribution in [3.05, 3.63) is 79.1 Å². The number of carbonyl (C=O) groups excluding carboxylic acids is 1. The van der Waals surface area contributed by atoms with E-state index in [0.29, 0.717) is 12.5 Å². The van der Waals surface area contributed by atoms with E-state index in [1.165, 1.54) is 37.7 Å². The lowest BCUT2D eigenvalue weighted by Gasteiger charge is -2.29. The minimum atomic E-state index is 0.0829. The Morgan fingerprint density at radius 3 is 2.64 bits per heavy atom. The van der Waals surface area contributed by atoms with E-state index in [9.17, 15) is 4.79 Å². The molecule has 1 amide bonds. The lowest BCUT2D eigenvalue weighted by molar-refractivity contribution is -0.127. The van der Waals surface area contributed by atoms with Gasteiger partial charge in [0.15, 0.2) is 0 Å². The van der Waals surface area contributed by atoms with Crippen molar-refractivity contribution >= 4 is 16.9 Å². The van der Waals surface area contributed by atoms with Crippen LogP contribution in [-0.2, 0) is 17.9 Å². The van der Waals surface area contributed by atoms with E-state index in [-0.39, 0.29) is 11.8 Å². The van der Waals surface area contributed by atoms with Crippen LogP contribution in [0.15, 0.2) is 73.4 Å². The zero-order valence-electron chi connectivity index (χ0n) is 20.9. The largest absolute Gasteiger partial charge is 0.350 e. The Morgan fingerprint density at radius 2 is 1.83 bits per heavy atom. The summed E-state index contributed by atoms with van der Waals surface area (Å²) in [6.07, 6.45) is 18.6. The van der Waals surface area contributed by atoms with Crippen molar-refractivity contribution in [2.45, 2.75) is 64.5 Å². The van der Waals surface area contributed by atoms with Crippen LogP contribution in [0.5, 0.6) is 0 Å². The summed E-state index contributed by atoms with van der Waals surface area (Å²) in [5, 5.41) is 4.33. The number of pyridine rings is 3. The molecule has 4 heterocycles. The number of hydrogen-bond acceptors (Lipinski definition) is 4. The first kappa shape index (κ1) is 24.2. The zero-order chi connectivity index (χ0) is 24.6. The fourth-order valence-corrected chi connectivity index (χ4v) is 5.62. The van der Waals surface area contributed by atoms with Crippen LogP contribution in [0.1, 0.15) is 57.1 Å². The summed E-state index contributed by atoms with van der Waals surface area (Å²) < 4.78 is 2.26. The first-order valence-electron chi connectivity index (χ1n) is 13.3. The summed E-state index contributed by atoms with van der Waals surface area (Å²) in [6, 6.07) is 14.0. The Hall–Kier alpha value is -3.54. The Bertz CT molecular complexity index is 1250. The molecule has 0 aromatic carbocycles. The van der Waals surface area contributed by atoms with Gasteiger partial charge in [0.2, 0.25) is 5.91 Å². The first-order chi connectivity index (χ1) is 17.8. The third-order valence-electron chi connectivity index (χ3n) is 7.50. The van der Waals surface area contributed by atoms with Crippen molar-refractivity contribution < 1.29 is 4.79 Å². The molecule has 1 saturated carbocycles. The smallest absolute Gasteiger partial charge is 0.223 e. The molecule has 0 radical (unpaired) electrons. The predicted molar refractivity (Wildman–Crippen MR) is 143 cm³/mol. The Morgan fingerprint density at radius 1 is 0.972 bits per heavy atom. The number of unbranched alkanes of at least 4 members (excludes halogenated alkanes) is 1. The molecule has 1 N–H and O–H groups in total. The van der Waals surface area contributed by atoms with Gasteiger partial charge in [-0.2, -0.15) is 0 Å². The molecule has 6 heteroatoms. The molecule has 1 unspecified atom stereocenters. The fraction of sp³-hybridized carbons (Fsp3) is 0.400. The van der Waals surface area contributed by atoms with Crippen LogP contribution in [0.2, 0.25) is 0 Å². The van der Waals surface area contributed by atoms with Gasteiger partial charge in [-0.25, -0.2) is 4.98 Å². The zero-order valence-corrected chi connectivity index (χ0v) is 20.9. The number of amides is 1. The van der Waals surface area contributed by atoms with Crippen molar-refractivity contribution in [3.63, 3.8) is 0 Å². The monoisotopic (exact) mass is 481 g/mol. The van der Waals surface area contributed by atoms with Gasteiger partial charge >= 0.3 is 0 Å². The number of fused-ring (bicyclic) bond motifs is 1. The maximum atomic E-state index is 13.3. The molecule has 186 valence electrons. The van der Waals surface area contributed by atoms with E-state index in [4.69, 9.17) is 0 Å². The highest BCUT2D eigenvalue weighted by Crippen LogP contribution is 2.33. The minimum Gasteiger partial charge on any atom is -0.350 e. The van der Waals surface area contributed by atoms with Gasteiger partial charge < -0.3 is 9.88 Å². The van der Waals surface area contributed by atoms with Gasteiger partial charge in [-0.3, -0.25) is 14.8 Å². The normalized spacial score (nSPS) is 15.1. The predicted octanol–water partition coefficient (Wildman–Crippen LogP) is 6.18. The van der Waals surface area contributed by atoms with Crippen molar-refractivity contribution in [1.82, 2.24) is 24.8 Å². The number of hydrogen-bond donors (Lipinski definition) is 1. The van der Waals surface area contributed by atoms with Gasteiger partial charge in [0.05, 0.1) is 12.2 Å². The molecular formula is C30H35N5O. The highest BCUT2D eigenvalue weighted by atomic mass is 16.1. The van der Waals surface area contributed by atoms with E-state index in [2.05, 4.69) is 43.2 Å². The number of nitrogens with one attached hydrogen (secondary N) is 1. The molecule has 1 aliphatic carbocycles. The molecule has 4 aromatic rings. The van der Waals surface area contributed by atoms with Crippen molar-refractivity contribution in [3.8, 4) is 11.1 Å². The SMILES string of the molecule is O=C(NCc1ccccn1)C(CCCCn1cc(-c2cccnc2)c2cccnc21)C1CCCCC1. The van der Waals surface area contributed by atoms with Crippen LogP contribution in [0.25, 0.3) is 22.2 Å². The first-order valence-corrected chi connectivity index (χ1v) is 13.3. The number of aromatic nitrogens is 4. The van der Waals surface area contributed by atoms with E-state index in [0.717, 1.165) is 48.1 Å². The van der Waals surface area contributed by atoms with Crippen molar-refractivity contribution in [1.29, 1.82) is 0 Å². The Kier molecular flexibility index (Phi) is 8.01. The van der Waals surface area contributed by atoms with Crippen LogP contribution >= 0.6 is 0 Å². The molecule has 1 aliphatic rings. The highest BCUT2D eigenvalue weighted by Gasteiger charge is 2.29. The Balaban J connectivity index is 1.23. The molecule has 4 aromatic heterocycles. The Labute approximate surface area is 213 Å². The van der Waals surface area contributed by atoms with E-state index in [1.807, 2.05) is 42.7 Å². The molecule has 5 rings (SSSR count). The summed E-state index contributed by atoms with van der Waals surface area (Å²) in [7, 11) is 0. The number of nitrogens with zero attached hydrogens (tertiary/aromatic N) is 4. The molecule has 6 nitrogen and oxygen atoms in total. The molecule has 1 atom stereocenters. The molecule has 36 heavy (non-hydrogen) atoms. The highest BCUT2D eigenvalue weighted by molar-refractivity contribution is 5.93. The summed E-state index contributed by atoms with van der Waals surface area (Å²) in [4.78, 5) is 26.6. The maximum Gasteiger partial charge on any atom is 0.223 e. The van der Waals surface area contributed by atoms with Gasteiger partial charge in [0.25, 0.3) is 0 Å². The molecule has 0 aliphatic heterocycles. The van der Waals surface area contributed by atoms with Gasteiger partial charge in [-0.15, -0.1) is 0 Å².